The lowest BCUT2D eigenvalue weighted by Gasteiger charge is -2.13. The molecule has 0 bridgehead atoms. The van der Waals surface area contributed by atoms with Gasteiger partial charge in [-0.3, -0.25) is 4.79 Å². The van der Waals surface area contributed by atoms with E-state index in [1.54, 1.807) is 0 Å². The van der Waals surface area contributed by atoms with Crippen LogP contribution in [0.5, 0.6) is 0 Å². The standard InChI is InChI=1S/C11H7FO3/c12-8-2-1-6-3-7(11(14)15)4-10(13)9(6)5-8/h1-2,4-5H,3H2,(H,14,15). The number of fused-ring (bicyclic) bond motifs is 1. The van der Waals surface area contributed by atoms with Crippen molar-refractivity contribution in [1.82, 2.24) is 0 Å². The fourth-order valence-corrected chi connectivity index (χ4v) is 1.56. The van der Waals surface area contributed by atoms with E-state index >= 15 is 0 Å². The van der Waals surface area contributed by atoms with Gasteiger partial charge in [0.15, 0.2) is 5.78 Å². The Morgan fingerprint density at radius 1 is 1.40 bits per heavy atom. The second-order valence-corrected chi connectivity index (χ2v) is 3.32. The summed E-state index contributed by atoms with van der Waals surface area (Å²) in [6.45, 7) is 0. The molecule has 76 valence electrons. The molecule has 0 heterocycles. The molecule has 1 aliphatic carbocycles. The van der Waals surface area contributed by atoms with Crippen molar-refractivity contribution in [2.45, 2.75) is 6.42 Å². The van der Waals surface area contributed by atoms with E-state index < -0.39 is 17.6 Å². The summed E-state index contributed by atoms with van der Waals surface area (Å²) in [5.74, 6) is -2.05. The highest BCUT2D eigenvalue weighted by Gasteiger charge is 2.21. The Bertz CT molecular complexity index is 489. The van der Waals surface area contributed by atoms with Gasteiger partial charge >= 0.3 is 5.97 Å². The first-order chi connectivity index (χ1) is 7.08. The van der Waals surface area contributed by atoms with Crippen molar-refractivity contribution in [3.8, 4) is 0 Å². The van der Waals surface area contributed by atoms with Crippen LogP contribution < -0.4 is 0 Å². The van der Waals surface area contributed by atoms with Gasteiger partial charge in [0.05, 0.1) is 0 Å². The maximum atomic E-state index is 12.8. The Hall–Kier alpha value is -1.97. The molecule has 0 unspecified atom stereocenters. The lowest BCUT2D eigenvalue weighted by Crippen LogP contribution is -2.15. The monoisotopic (exact) mass is 206 g/mol. The summed E-state index contributed by atoms with van der Waals surface area (Å²) in [6.07, 6.45) is 1.21. The summed E-state index contributed by atoms with van der Waals surface area (Å²) in [6, 6.07) is 3.79. The fraction of sp³-hybridized carbons (Fsp3) is 0.0909. The van der Waals surface area contributed by atoms with Gasteiger partial charge in [0.2, 0.25) is 0 Å². The zero-order valence-electron chi connectivity index (χ0n) is 7.66. The molecule has 0 radical (unpaired) electrons. The van der Waals surface area contributed by atoms with E-state index in [0.29, 0.717) is 5.56 Å². The number of hydrogen-bond donors (Lipinski definition) is 1. The molecule has 0 amide bonds. The van der Waals surface area contributed by atoms with Crippen molar-refractivity contribution in [3.05, 3.63) is 46.8 Å². The van der Waals surface area contributed by atoms with Crippen LogP contribution in [0.15, 0.2) is 29.8 Å². The summed E-state index contributed by atoms with van der Waals surface area (Å²) in [7, 11) is 0. The minimum Gasteiger partial charge on any atom is -0.478 e. The third-order valence-corrected chi connectivity index (χ3v) is 2.30. The van der Waals surface area contributed by atoms with E-state index in [1.165, 1.54) is 12.1 Å². The van der Waals surface area contributed by atoms with Gasteiger partial charge in [-0.25, -0.2) is 9.18 Å². The molecule has 1 aromatic rings. The maximum absolute atomic E-state index is 12.8. The number of carboxylic acids is 1. The second kappa shape index (κ2) is 3.31. The molecule has 15 heavy (non-hydrogen) atoms. The zero-order chi connectivity index (χ0) is 11.0. The lowest BCUT2D eigenvalue weighted by atomic mass is 9.91. The first-order valence-electron chi connectivity index (χ1n) is 4.34. The van der Waals surface area contributed by atoms with Crippen molar-refractivity contribution >= 4 is 11.8 Å². The first kappa shape index (κ1) is 9.58. The Labute approximate surface area is 84.8 Å². The van der Waals surface area contributed by atoms with E-state index in [2.05, 4.69) is 0 Å². The third-order valence-electron chi connectivity index (χ3n) is 2.30. The molecule has 1 N–H and O–H groups in total. The topological polar surface area (TPSA) is 54.4 Å². The smallest absolute Gasteiger partial charge is 0.332 e. The normalized spacial score (nSPS) is 14.5. The number of carboxylic acid groups (broad SMARTS) is 1. The van der Waals surface area contributed by atoms with Crippen LogP contribution in [-0.4, -0.2) is 16.9 Å². The number of ketones is 1. The van der Waals surface area contributed by atoms with Crippen LogP contribution >= 0.6 is 0 Å². The van der Waals surface area contributed by atoms with Gasteiger partial charge in [0.1, 0.15) is 5.82 Å². The number of aliphatic carboxylic acids is 1. The maximum Gasteiger partial charge on any atom is 0.332 e. The van der Waals surface area contributed by atoms with Gasteiger partial charge in [-0.05, 0) is 23.8 Å². The van der Waals surface area contributed by atoms with Gasteiger partial charge in [-0.2, -0.15) is 0 Å². The molecule has 0 spiro atoms. The molecule has 0 aliphatic heterocycles. The number of carbonyl (C=O) groups excluding carboxylic acids is 1. The number of rotatable bonds is 1. The summed E-state index contributed by atoms with van der Waals surface area (Å²) in [4.78, 5) is 22.1. The minimum absolute atomic E-state index is 0.0408. The predicted octanol–water partition coefficient (Wildman–Crippen LogP) is 1.58. The van der Waals surface area contributed by atoms with E-state index in [0.717, 1.165) is 12.1 Å². The SMILES string of the molecule is O=C(O)C1=CC(=O)c2cc(F)ccc2C1. The number of benzene rings is 1. The second-order valence-electron chi connectivity index (χ2n) is 3.32. The third kappa shape index (κ3) is 1.66. The van der Waals surface area contributed by atoms with Gasteiger partial charge in [-0.15, -0.1) is 0 Å². The quantitative estimate of drug-likeness (QED) is 0.758. The van der Waals surface area contributed by atoms with Crippen molar-refractivity contribution < 1.29 is 19.1 Å². The molecule has 0 saturated carbocycles. The average molecular weight is 206 g/mol. The van der Waals surface area contributed by atoms with E-state index in [4.69, 9.17) is 5.11 Å². The summed E-state index contributed by atoms with van der Waals surface area (Å²) < 4.78 is 12.8. The summed E-state index contributed by atoms with van der Waals surface area (Å²) >= 11 is 0. The first-order valence-corrected chi connectivity index (χ1v) is 4.34. The van der Waals surface area contributed by atoms with Crippen LogP contribution in [0.1, 0.15) is 15.9 Å². The van der Waals surface area contributed by atoms with Crippen molar-refractivity contribution in [2.75, 3.05) is 0 Å². The molecule has 0 aromatic heterocycles. The highest BCUT2D eigenvalue weighted by molar-refractivity contribution is 6.11. The molecule has 4 heteroatoms. The van der Waals surface area contributed by atoms with Crippen LogP contribution in [0, 0.1) is 5.82 Å². The van der Waals surface area contributed by atoms with Crippen LogP contribution in [0.3, 0.4) is 0 Å². The molecule has 0 saturated heterocycles. The highest BCUT2D eigenvalue weighted by Crippen LogP contribution is 2.21. The molecule has 1 aromatic carbocycles. The molecule has 0 atom stereocenters. The van der Waals surface area contributed by atoms with Crippen LogP contribution in [0.25, 0.3) is 0 Å². The molecule has 3 nitrogen and oxygen atoms in total. The number of hydrogen-bond acceptors (Lipinski definition) is 2. The van der Waals surface area contributed by atoms with Gasteiger partial charge in [0.25, 0.3) is 0 Å². The fourth-order valence-electron chi connectivity index (χ4n) is 1.56. The van der Waals surface area contributed by atoms with Gasteiger partial charge < -0.3 is 5.11 Å². The highest BCUT2D eigenvalue weighted by atomic mass is 19.1. The van der Waals surface area contributed by atoms with Gasteiger partial charge in [-0.1, -0.05) is 6.07 Å². The zero-order valence-corrected chi connectivity index (χ0v) is 7.66. The van der Waals surface area contributed by atoms with Gasteiger partial charge in [0, 0.05) is 17.6 Å². The van der Waals surface area contributed by atoms with Crippen molar-refractivity contribution in [1.29, 1.82) is 0 Å². The molecular weight excluding hydrogens is 199 g/mol. The lowest BCUT2D eigenvalue weighted by molar-refractivity contribution is -0.132. The summed E-state index contributed by atoms with van der Waals surface area (Å²) in [5.41, 5.74) is 0.848. The largest absolute Gasteiger partial charge is 0.478 e. The predicted molar refractivity (Wildman–Crippen MR) is 50.2 cm³/mol. The number of allylic oxidation sites excluding steroid dienone is 1. The Morgan fingerprint density at radius 3 is 2.80 bits per heavy atom. The Morgan fingerprint density at radius 2 is 2.13 bits per heavy atom. The Balaban J connectivity index is 2.49. The van der Waals surface area contributed by atoms with Crippen LogP contribution in [-0.2, 0) is 11.2 Å². The Kier molecular flexibility index (Phi) is 2.11. The number of halogens is 1. The van der Waals surface area contributed by atoms with E-state index in [9.17, 15) is 14.0 Å². The van der Waals surface area contributed by atoms with E-state index in [1.807, 2.05) is 0 Å². The number of carbonyl (C=O) groups is 2. The molecular formula is C11H7FO3. The average Bonchev–Trinajstić information content (AvgIpc) is 2.18. The van der Waals surface area contributed by atoms with E-state index in [-0.39, 0.29) is 17.6 Å². The van der Waals surface area contributed by atoms with Crippen molar-refractivity contribution in [2.24, 2.45) is 0 Å². The molecule has 0 fully saturated rings. The van der Waals surface area contributed by atoms with Crippen molar-refractivity contribution in [3.63, 3.8) is 0 Å². The summed E-state index contributed by atoms with van der Waals surface area (Å²) in [5, 5.41) is 8.74. The molecule has 2 rings (SSSR count). The van der Waals surface area contributed by atoms with Crippen LogP contribution in [0.4, 0.5) is 4.39 Å². The minimum atomic E-state index is -1.11. The molecule has 1 aliphatic rings. The van der Waals surface area contributed by atoms with Crippen LogP contribution in [0.2, 0.25) is 0 Å².